The van der Waals surface area contributed by atoms with Crippen LogP contribution in [0, 0.1) is 17.2 Å². The quantitative estimate of drug-likeness (QED) is 0.847. The first kappa shape index (κ1) is 11.9. The van der Waals surface area contributed by atoms with E-state index in [1.807, 2.05) is 6.07 Å². The lowest BCUT2D eigenvalue weighted by atomic mass is 10.1. The van der Waals surface area contributed by atoms with E-state index in [1.54, 1.807) is 18.2 Å². The Kier molecular flexibility index (Phi) is 3.15. The smallest absolute Gasteiger partial charge is 0.414 e. The van der Waals surface area contributed by atoms with Gasteiger partial charge in [0.2, 0.25) is 0 Å². The van der Waals surface area contributed by atoms with Gasteiger partial charge in [-0.15, -0.1) is 0 Å². The zero-order valence-corrected chi connectivity index (χ0v) is 9.37. The Morgan fingerprint density at radius 3 is 3.00 bits per heavy atom. The molecule has 0 saturated carbocycles. The van der Waals surface area contributed by atoms with E-state index in [9.17, 15) is 9.59 Å². The zero-order valence-electron chi connectivity index (χ0n) is 9.37. The summed E-state index contributed by atoms with van der Waals surface area (Å²) in [5, 5.41) is 17.7. The molecule has 2 rings (SSSR count). The van der Waals surface area contributed by atoms with Gasteiger partial charge in [0, 0.05) is 12.2 Å². The van der Waals surface area contributed by atoms with E-state index < -0.39 is 18.0 Å². The van der Waals surface area contributed by atoms with Gasteiger partial charge in [-0.25, -0.2) is 4.79 Å². The number of carbonyl (C=O) groups excluding carboxylic acids is 1. The molecule has 1 aliphatic rings. The van der Waals surface area contributed by atoms with Crippen LogP contribution < -0.4 is 4.90 Å². The molecule has 92 valence electrons. The molecule has 0 aliphatic carbocycles. The molecule has 1 unspecified atom stereocenters. The maximum Gasteiger partial charge on any atom is 0.414 e. The fourth-order valence-corrected chi connectivity index (χ4v) is 1.70. The molecule has 0 aromatic heterocycles. The normalized spacial score (nSPS) is 18.9. The third-order valence-electron chi connectivity index (χ3n) is 2.67. The lowest BCUT2D eigenvalue weighted by Crippen LogP contribution is -2.45. The van der Waals surface area contributed by atoms with Crippen molar-refractivity contribution in [3.05, 3.63) is 29.8 Å². The highest BCUT2D eigenvalue weighted by molar-refractivity contribution is 5.90. The van der Waals surface area contributed by atoms with Crippen LogP contribution in [0.5, 0.6) is 0 Å². The van der Waals surface area contributed by atoms with Crippen molar-refractivity contribution in [2.45, 2.75) is 0 Å². The summed E-state index contributed by atoms with van der Waals surface area (Å²) in [6.07, 6.45) is -0.595. The summed E-state index contributed by atoms with van der Waals surface area (Å²) < 4.78 is 4.82. The van der Waals surface area contributed by atoms with E-state index >= 15 is 0 Å². The first-order valence-electron chi connectivity index (χ1n) is 5.29. The van der Waals surface area contributed by atoms with E-state index in [0.29, 0.717) is 11.3 Å². The number of rotatable bonds is 2. The maximum absolute atomic E-state index is 11.6. The number of carboxylic acids is 1. The summed E-state index contributed by atoms with van der Waals surface area (Å²) in [7, 11) is 0. The second-order valence-corrected chi connectivity index (χ2v) is 3.88. The third kappa shape index (κ3) is 2.25. The minimum Gasteiger partial charge on any atom is -0.481 e. The number of carbonyl (C=O) groups is 2. The molecule has 0 bridgehead atoms. The molecule has 6 heteroatoms. The molecule has 1 saturated heterocycles. The lowest BCUT2D eigenvalue weighted by molar-refractivity contribution is -0.143. The van der Waals surface area contributed by atoms with Gasteiger partial charge in [-0.3, -0.25) is 9.69 Å². The summed E-state index contributed by atoms with van der Waals surface area (Å²) >= 11 is 0. The highest BCUT2D eigenvalue weighted by atomic mass is 16.6. The first-order chi connectivity index (χ1) is 8.61. The average molecular weight is 246 g/mol. The van der Waals surface area contributed by atoms with Crippen LogP contribution in [0.1, 0.15) is 5.56 Å². The number of cyclic esters (lactones) is 1. The van der Waals surface area contributed by atoms with Crippen molar-refractivity contribution in [1.29, 1.82) is 5.26 Å². The van der Waals surface area contributed by atoms with Gasteiger partial charge in [-0.05, 0) is 18.2 Å². The van der Waals surface area contributed by atoms with Gasteiger partial charge in [-0.1, -0.05) is 6.07 Å². The lowest BCUT2D eigenvalue weighted by Gasteiger charge is -2.30. The zero-order chi connectivity index (χ0) is 13.1. The van der Waals surface area contributed by atoms with Crippen molar-refractivity contribution >= 4 is 17.7 Å². The minimum absolute atomic E-state index is 0.0447. The summed E-state index contributed by atoms with van der Waals surface area (Å²) in [5.41, 5.74) is 0.864. The molecular weight excluding hydrogens is 236 g/mol. The van der Waals surface area contributed by atoms with Crippen molar-refractivity contribution in [2.75, 3.05) is 18.1 Å². The fraction of sp³-hybridized carbons (Fsp3) is 0.250. The Balaban J connectivity index is 2.27. The highest BCUT2D eigenvalue weighted by Gasteiger charge is 2.32. The fourth-order valence-electron chi connectivity index (χ4n) is 1.70. The maximum atomic E-state index is 11.6. The molecule has 0 radical (unpaired) electrons. The largest absolute Gasteiger partial charge is 0.481 e. The van der Waals surface area contributed by atoms with Crippen molar-refractivity contribution < 1.29 is 19.4 Å². The van der Waals surface area contributed by atoms with Crippen molar-refractivity contribution in [1.82, 2.24) is 0 Å². The van der Waals surface area contributed by atoms with Gasteiger partial charge >= 0.3 is 12.1 Å². The standard InChI is InChI=1S/C12H10N2O4/c13-5-8-2-1-3-10(4-8)14-6-9(11(15)16)7-18-12(14)17/h1-4,9H,6-7H2,(H,15,16). The van der Waals surface area contributed by atoms with Crippen LogP contribution in [0.4, 0.5) is 10.5 Å². The number of hydrogen-bond acceptors (Lipinski definition) is 4. The summed E-state index contributed by atoms with van der Waals surface area (Å²) in [6, 6.07) is 8.35. The van der Waals surface area contributed by atoms with E-state index in [2.05, 4.69) is 0 Å². The van der Waals surface area contributed by atoms with Crippen LogP contribution in [-0.4, -0.2) is 30.3 Å². The predicted molar refractivity (Wildman–Crippen MR) is 61.0 cm³/mol. The molecule has 1 aromatic carbocycles. The van der Waals surface area contributed by atoms with Gasteiger partial charge in [0.25, 0.3) is 0 Å². The predicted octanol–water partition coefficient (Wildman–Crippen LogP) is 1.22. The number of nitrogens with zero attached hydrogens (tertiary/aromatic N) is 2. The van der Waals surface area contributed by atoms with Crippen LogP contribution in [0.3, 0.4) is 0 Å². The molecule has 1 N–H and O–H groups in total. The molecule has 1 amide bonds. The topological polar surface area (TPSA) is 90.6 Å². The molecule has 6 nitrogen and oxygen atoms in total. The molecule has 1 heterocycles. The van der Waals surface area contributed by atoms with E-state index in [1.165, 1.54) is 11.0 Å². The average Bonchev–Trinajstić information content (AvgIpc) is 2.39. The molecule has 18 heavy (non-hydrogen) atoms. The number of anilines is 1. The second kappa shape index (κ2) is 4.75. The van der Waals surface area contributed by atoms with Crippen molar-refractivity contribution in [3.63, 3.8) is 0 Å². The number of amides is 1. The van der Waals surface area contributed by atoms with Crippen LogP contribution in [-0.2, 0) is 9.53 Å². The van der Waals surface area contributed by atoms with Gasteiger partial charge in [0.05, 0.1) is 11.6 Å². The number of nitriles is 1. The molecule has 1 fully saturated rings. The summed E-state index contributed by atoms with van der Waals surface area (Å²) in [4.78, 5) is 23.7. The number of aliphatic carboxylic acids is 1. The number of carboxylic acid groups (broad SMARTS) is 1. The Morgan fingerprint density at radius 2 is 2.33 bits per heavy atom. The van der Waals surface area contributed by atoms with Crippen LogP contribution in [0.25, 0.3) is 0 Å². The van der Waals surface area contributed by atoms with Crippen molar-refractivity contribution in [2.24, 2.45) is 5.92 Å². The number of benzene rings is 1. The number of hydrogen-bond donors (Lipinski definition) is 1. The van der Waals surface area contributed by atoms with Gasteiger partial charge in [-0.2, -0.15) is 5.26 Å². The number of ether oxygens (including phenoxy) is 1. The van der Waals surface area contributed by atoms with E-state index in [-0.39, 0.29) is 13.2 Å². The van der Waals surface area contributed by atoms with Crippen LogP contribution in [0.2, 0.25) is 0 Å². The molecule has 1 aromatic rings. The molecular formula is C12H10N2O4. The Hall–Kier alpha value is -2.55. The highest BCUT2D eigenvalue weighted by Crippen LogP contribution is 2.22. The Morgan fingerprint density at radius 1 is 1.56 bits per heavy atom. The van der Waals surface area contributed by atoms with E-state index in [0.717, 1.165) is 0 Å². The third-order valence-corrected chi connectivity index (χ3v) is 2.67. The van der Waals surface area contributed by atoms with E-state index in [4.69, 9.17) is 15.1 Å². The molecule has 1 aliphatic heterocycles. The van der Waals surface area contributed by atoms with Crippen molar-refractivity contribution in [3.8, 4) is 6.07 Å². The minimum atomic E-state index is -1.01. The van der Waals surface area contributed by atoms with Crippen LogP contribution >= 0.6 is 0 Å². The van der Waals surface area contributed by atoms with Gasteiger partial charge < -0.3 is 9.84 Å². The van der Waals surface area contributed by atoms with Gasteiger partial charge in [0.15, 0.2) is 0 Å². The first-order valence-corrected chi connectivity index (χ1v) is 5.29. The SMILES string of the molecule is N#Cc1cccc(N2CC(C(=O)O)COC2=O)c1. The van der Waals surface area contributed by atoms with Crippen LogP contribution in [0.15, 0.2) is 24.3 Å². The molecule has 1 atom stereocenters. The summed E-state index contributed by atoms with van der Waals surface area (Å²) in [5.74, 6) is -1.77. The Bertz CT molecular complexity index is 535. The molecule has 0 spiro atoms. The monoisotopic (exact) mass is 246 g/mol. The van der Waals surface area contributed by atoms with Gasteiger partial charge in [0.1, 0.15) is 12.5 Å². The summed E-state index contributed by atoms with van der Waals surface area (Å²) in [6.45, 7) is -0.0777. The second-order valence-electron chi connectivity index (χ2n) is 3.88. The Labute approximate surface area is 103 Å².